The van der Waals surface area contributed by atoms with Crippen molar-refractivity contribution in [3.05, 3.63) is 75.9 Å². The minimum absolute atomic E-state index is 0.00207. The van der Waals surface area contributed by atoms with E-state index >= 15 is 0 Å². The van der Waals surface area contributed by atoms with Gasteiger partial charge in [-0.1, -0.05) is 41.4 Å². The molecule has 2 aromatic carbocycles. The molecule has 0 bridgehead atoms. The first-order valence-corrected chi connectivity index (χ1v) is 7.21. The Balaban J connectivity index is 1.99. The van der Waals surface area contributed by atoms with Crippen LogP contribution in [0.5, 0.6) is 0 Å². The average Bonchev–Trinajstić information content (AvgIpc) is 2.50. The van der Waals surface area contributed by atoms with Crippen molar-refractivity contribution in [3.63, 3.8) is 0 Å². The topological polar surface area (TPSA) is 30.0 Å². The van der Waals surface area contributed by atoms with Crippen LogP contribution >= 0.6 is 23.2 Å². The van der Waals surface area contributed by atoms with Gasteiger partial charge in [0.2, 0.25) is 0 Å². The van der Waals surface area contributed by atoms with Gasteiger partial charge in [-0.2, -0.15) is 0 Å². The van der Waals surface area contributed by atoms with E-state index in [0.29, 0.717) is 15.6 Å². The van der Waals surface area contributed by atoms with Crippen LogP contribution in [-0.4, -0.2) is 10.8 Å². The summed E-state index contributed by atoms with van der Waals surface area (Å²) >= 11 is 12.1. The van der Waals surface area contributed by atoms with E-state index in [1.54, 1.807) is 24.4 Å². The quantitative estimate of drug-likeness (QED) is 0.639. The summed E-state index contributed by atoms with van der Waals surface area (Å²) in [5.41, 5.74) is 2.19. The van der Waals surface area contributed by atoms with Crippen molar-refractivity contribution in [3.8, 4) is 0 Å². The number of nitrogens with zero attached hydrogens (tertiary/aromatic N) is 1. The monoisotopic (exact) mass is 315 g/mol. The fraction of sp³-hybridized carbons (Fsp3) is 0.0588. The number of fused-ring (bicyclic) bond motifs is 1. The highest BCUT2D eigenvalue weighted by atomic mass is 35.5. The summed E-state index contributed by atoms with van der Waals surface area (Å²) in [7, 11) is 0. The molecule has 0 amide bonds. The van der Waals surface area contributed by atoms with Crippen LogP contribution in [-0.2, 0) is 6.42 Å². The van der Waals surface area contributed by atoms with Gasteiger partial charge in [-0.15, -0.1) is 0 Å². The lowest BCUT2D eigenvalue weighted by Gasteiger charge is -2.07. The third-order valence-corrected chi connectivity index (χ3v) is 3.91. The van der Waals surface area contributed by atoms with Crippen LogP contribution in [0.2, 0.25) is 10.0 Å². The Morgan fingerprint density at radius 2 is 1.90 bits per heavy atom. The summed E-state index contributed by atoms with van der Waals surface area (Å²) in [6.45, 7) is 0. The van der Waals surface area contributed by atoms with Crippen LogP contribution in [0, 0.1) is 0 Å². The predicted octanol–water partition coefficient (Wildman–Crippen LogP) is 4.97. The van der Waals surface area contributed by atoms with Gasteiger partial charge in [0, 0.05) is 33.6 Å². The normalized spacial score (nSPS) is 10.8. The second-order valence-electron chi connectivity index (χ2n) is 4.71. The summed E-state index contributed by atoms with van der Waals surface area (Å²) < 4.78 is 0. The molecule has 0 aliphatic carbocycles. The van der Waals surface area contributed by atoms with E-state index in [1.165, 1.54) is 0 Å². The largest absolute Gasteiger partial charge is 0.294 e. The Labute approximate surface area is 132 Å². The smallest absolute Gasteiger partial charge is 0.167 e. The average molecular weight is 316 g/mol. The van der Waals surface area contributed by atoms with Gasteiger partial charge in [0.25, 0.3) is 0 Å². The van der Waals surface area contributed by atoms with Crippen LogP contribution in [0.15, 0.2) is 54.7 Å². The lowest BCUT2D eigenvalue weighted by molar-refractivity contribution is 0.0994. The summed E-state index contributed by atoms with van der Waals surface area (Å²) in [6, 6.07) is 14.4. The molecule has 0 N–H and O–H groups in total. The first-order valence-electron chi connectivity index (χ1n) is 6.46. The molecular weight excluding hydrogens is 305 g/mol. The number of rotatable bonds is 3. The number of hydrogen-bond acceptors (Lipinski definition) is 2. The Morgan fingerprint density at radius 1 is 1.05 bits per heavy atom. The summed E-state index contributed by atoms with van der Waals surface area (Å²) in [5.74, 6) is -0.00207. The van der Waals surface area contributed by atoms with Crippen LogP contribution in [0.3, 0.4) is 0 Å². The molecule has 3 aromatic rings. The number of carbonyl (C=O) groups is 1. The Hall–Kier alpha value is -1.90. The molecule has 0 spiro atoms. The van der Waals surface area contributed by atoms with Crippen LogP contribution < -0.4 is 0 Å². The standard InChI is InChI=1S/C17H11Cl2NO/c18-12-6-7-15(19)11(9-12)10-17(21)14-3-1-5-16-13(14)4-2-8-20-16/h1-9H,10H2. The third kappa shape index (κ3) is 2.92. The lowest BCUT2D eigenvalue weighted by Crippen LogP contribution is -2.05. The zero-order valence-electron chi connectivity index (χ0n) is 11.0. The zero-order chi connectivity index (χ0) is 14.8. The molecule has 3 rings (SSSR count). The number of benzene rings is 2. The highest BCUT2D eigenvalue weighted by Gasteiger charge is 2.13. The van der Waals surface area contributed by atoms with Gasteiger partial charge < -0.3 is 0 Å². The van der Waals surface area contributed by atoms with Gasteiger partial charge in [-0.05, 0) is 35.9 Å². The SMILES string of the molecule is O=C(Cc1cc(Cl)ccc1Cl)c1cccc2ncccc12. The van der Waals surface area contributed by atoms with Crippen molar-refractivity contribution >= 4 is 39.9 Å². The molecule has 2 nitrogen and oxygen atoms in total. The summed E-state index contributed by atoms with van der Waals surface area (Å²) in [6.07, 6.45) is 1.93. The number of hydrogen-bond donors (Lipinski definition) is 0. The van der Waals surface area contributed by atoms with Crippen LogP contribution in [0.4, 0.5) is 0 Å². The molecule has 0 atom stereocenters. The van der Waals surface area contributed by atoms with E-state index in [4.69, 9.17) is 23.2 Å². The predicted molar refractivity (Wildman–Crippen MR) is 86.2 cm³/mol. The van der Waals surface area contributed by atoms with E-state index in [0.717, 1.165) is 16.5 Å². The molecule has 0 aliphatic heterocycles. The van der Waals surface area contributed by atoms with Crippen molar-refractivity contribution in [2.45, 2.75) is 6.42 Å². The maximum Gasteiger partial charge on any atom is 0.167 e. The molecule has 104 valence electrons. The number of halogens is 2. The van der Waals surface area contributed by atoms with Gasteiger partial charge in [-0.25, -0.2) is 0 Å². The third-order valence-electron chi connectivity index (χ3n) is 3.30. The maximum absolute atomic E-state index is 12.6. The number of aromatic nitrogens is 1. The number of ketones is 1. The van der Waals surface area contributed by atoms with Crippen LogP contribution in [0.1, 0.15) is 15.9 Å². The first kappa shape index (κ1) is 14.1. The fourth-order valence-electron chi connectivity index (χ4n) is 2.29. The first-order chi connectivity index (χ1) is 10.1. The van der Waals surface area contributed by atoms with Crippen molar-refractivity contribution in [1.29, 1.82) is 0 Å². The molecule has 4 heteroatoms. The minimum Gasteiger partial charge on any atom is -0.294 e. The molecular formula is C17H11Cl2NO. The summed E-state index contributed by atoms with van der Waals surface area (Å²) in [5, 5.41) is 1.97. The summed E-state index contributed by atoms with van der Waals surface area (Å²) in [4.78, 5) is 16.8. The minimum atomic E-state index is -0.00207. The molecule has 0 aliphatic rings. The molecule has 0 unspecified atom stereocenters. The van der Waals surface area contributed by atoms with Crippen molar-refractivity contribution in [1.82, 2.24) is 4.98 Å². The number of pyridine rings is 1. The molecule has 0 radical (unpaired) electrons. The second kappa shape index (κ2) is 5.84. The molecule has 0 saturated carbocycles. The number of carbonyl (C=O) groups excluding carboxylic acids is 1. The maximum atomic E-state index is 12.6. The van der Waals surface area contributed by atoms with E-state index < -0.39 is 0 Å². The van der Waals surface area contributed by atoms with Crippen LogP contribution in [0.25, 0.3) is 10.9 Å². The molecule has 0 fully saturated rings. The Morgan fingerprint density at radius 3 is 2.76 bits per heavy atom. The molecule has 1 heterocycles. The zero-order valence-corrected chi connectivity index (χ0v) is 12.5. The molecule has 1 aromatic heterocycles. The molecule has 21 heavy (non-hydrogen) atoms. The van der Waals surface area contributed by atoms with Crippen molar-refractivity contribution < 1.29 is 4.79 Å². The highest BCUT2D eigenvalue weighted by Crippen LogP contribution is 2.24. The Bertz CT molecular complexity index is 825. The Kier molecular flexibility index (Phi) is 3.91. The lowest BCUT2D eigenvalue weighted by atomic mass is 9.99. The van der Waals surface area contributed by atoms with E-state index in [2.05, 4.69) is 4.98 Å². The second-order valence-corrected chi connectivity index (χ2v) is 5.55. The van der Waals surface area contributed by atoms with Gasteiger partial charge >= 0.3 is 0 Å². The van der Waals surface area contributed by atoms with Crippen molar-refractivity contribution in [2.75, 3.05) is 0 Å². The molecule has 0 saturated heterocycles. The van der Waals surface area contributed by atoms with E-state index in [1.807, 2.05) is 30.3 Å². The fourth-order valence-corrected chi connectivity index (χ4v) is 2.67. The van der Waals surface area contributed by atoms with Crippen molar-refractivity contribution in [2.24, 2.45) is 0 Å². The van der Waals surface area contributed by atoms with E-state index in [9.17, 15) is 4.79 Å². The van der Waals surface area contributed by atoms with Gasteiger partial charge in [0.15, 0.2) is 5.78 Å². The highest BCUT2D eigenvalue weighted by molar-refractivity contribution is 6.33. The number of Topliss-reactive ketones (excluding diaryl/α,β-unsaturated/α-hetero) is 1. The van der Waals surface area contributed by atoms with Gasteiger partial charge in [-0.3, -0.25) is 9.78 Å². The van der Waals surface area contributed by atoms with E-state index in [-0.39, 0.29) is 12.2 Å². The van der Waals surface area contributed by atoms with Gasteiger partial charge in [0.1, 0.15) is 0 Å². The van der Waals surface area contributed by atoms with Gasteiger partial charge in [0.05, 0.1) is 5.52 Å².